The van der Waals surface area contributed by atoms with Crippen LogP contribution in [0.5, 0.6) is 5.75 Å². The molecule has 0 bridgehead atoms. The van der Waals surface area contributed by atoms with Crippen molar-refractivity contribution in [1.82, 2.24) is 14.8 Å². The van der Waals surface area contributed by atoms with Crippen LogP contribution in [0.1, 0.15) is 36.6 Å². The van der Waals surface area contributed by atoms with Gasteiger partial charge in [-0.15, -0.1) is 0 Å². The zero-order valence-corrected chi connectivity index (χ0v) is 15.7. The van der Waals surface area contributed by atoms with Gasteiger partial charge in [0.05, 0.1) is 21.6 Å². The zero-order valence-electron chi connectivity index (χ0n) is 12.5. The summed E-state index contributed by atoms with van der Waals surface area (Å²) in [6, 6.07) is 3.94. The van der Waals surface area contributed by atoms with Gasteiger partial charge in [-0.2, -0.15) is 5.10 Å². The van der Waals surface area contributed by atoms with Crippen LogP contribution in [-0.2, 0) is 24.9 Å². The summed E-state index contributed by atoms with van der Waals surface area (Å²) in [4.78, 5) is 4.48. The van der Waals surface area contributed by atoms with Gasteiger partial charge in [-0.25, -0.2) is 0 Å². The SMILES string of the molecule is CCc1nn(CC)c(COc2ccc(C)nc2CBr)c1Br. The molecule has 0 atom stereocenters. The Hall–Kier alpha value is -0.880. The van der Waals surface area contributed by atoms with E-state index in [1.54, 1.807) is 0 Å². The molecular weight excluding hydrogens is 398 g/mol. The lowest BCUT2D eigenvalue weighted by molar-refractivity contribution is 0.288. The van der Waals surface area contributed by atoms with Crippen LogP contribution in [0.25, 0.3) is 0 Å². The van der Waals surface area contributed by atoms with E-state index >= 15 is 0 Å². The van der Waals surface area contributed by atoms with E-state index in [0.717, 1.165) is 46.0 Å². The summed E-state index contributed by atoms with van der Waals surface area (Å²) in [5.41, 5.74) is 4.04. The minimum absolute atomic E-state index is 0.478. The summed E-state index contributed by atoms with van der Waals surface area (Å²) in [5, 5.41) is 5.26. The van der Waals surface area contributed by atoms with Crippen molar-refractivity contribution in [1.29, 1.82) is 0 Å². The molecular formula is C15H19Br2N3O. The standard InChI is InChI=1S/C15H19Br2N3O/c1-4-11-15(17)13(20(5-2)19-11)9-21-14-7-6-10(3)18-12(14)8-16/h6-7H,4-5,8-9H2,1-3H3. The fraction of sp³-hybridized carbons (Fsp3) is 0.467. The van der Waals surface area contributed by atoms with Gasteiger partial charge in [0.25, 0.3) is 0 Å². The van der Waals surface area contributed by atoms with Crippen LogP contribution in [0.4, 0.5) is 0 Å². The Balaban J connectivity index is 2.22. The zero-order chi connectivity index (χ0) is 15.4. The minimum atomic E-state index is 0.478. The summed E-state index contributed by atoms with van der Waals surface area (Å²) in [7, 11) is 0. The third-order valence-corrected chi connectivity index (χ3v) is 4.70. The van der Waals surface area contributed by atoms with Gasteiger partial charge >= 0.3 is 0 Å². The molecule has 0 radical (unpaired) electrons. The summed E-state index contributed by atoms with van der Waals surface area (Å²) >= 11 is 7.09. The molecule has 0 aliphatic carbocycles. The van der Waals surface area contributed by atoms with Crippen molar-refractivity contribution < 1.29 is 4.74 Å². The van der Waals surface area contributed by atoms with Crippen LogP contribution in [0.2, 0.25) is 0 Å². The number of nitrogens with zero attached hydrogens (tertiary/aromatic N) is 3. The third kappa shape index (κ3) is 3.66. The van der Waals surface area contributed by atoms with Gasteiger partial charge in [0.1, 0.15) is 12.4 Å². The Kier molecular flexibility index (Phi) is 5.81. The second kappa shape index (κ2) is 7.40. The minimum Gasteiger partial charge on any atom is -0.485 e. The van der Waals surface area contributed by atoms with Crippen LogP contribution in [0.3, 0.4) is 0 Å². The van der Waals surface area contributed by atoms with Crippen molar-refractivity contribution >= 4 is 31.9 Å². The van der Waals surface area contributed by atoms with E-state index in [1.807, 2.05) is 23.7 Å². The number of aromatic nitrogens is 3. The van der Waals surface area contributed by atoms with E-state index in [9.17, 15) is 0 Å². The third-order valence-electron chi connectivity index (χ3n) is 3.26. The molecule has 0 unspecified atom stereocenters. The molecule has 0 fully saturated rings. The lowest BCUT2D eigenvalue weighted by Gasteiger charge is -2.11. The number of halogens is 2. The normalized spacial score (nSPS) is 10.9. The molecule has 0 saturated heterocycles. The van der Waals surface area contributed by atoms with Gasteiger partial charge in [-0.3, -0.25) is 9.67 Å². The maximum atomic E-state index is 5.97. The number of hydrogen-bond donors (Lipinski definition) is 0. The smallest absolute Gasteiger partial charge is 0.142 e. The highest BCUT2D eigenvalue weighted by Gasteiger charge is 2.15. The predicted molar refractivity (Wildman–Crippen MR) is 90.9 cm³/mol. The van der Waals surface area contributed by atoms with E-state index in [4.69, 9.17) is 4.74 Å². The quantitative estimate of drug-likeness (QED) is 0.655. The number of aryl methyl sites for hydroxylation is 3. The maximum absolute atomic E-state index is 5.97. The average molecular weight is 417 g/mol. The lowest BCUT2D eigenvalue weighted by atomic mass is 10.3. The summed E-state index contributed by atoms with van der Waals surface area (Å²) < 4.78 is 9.00. The Morgan fingerprint density at radius 2 is 2.00 bits per heavy atom. The maximum Gasteiger partial charge on any atom is 0.142 e. The summed E-state index contributed by atoms with van der Waals surface area (Å²) in [5.74, 6) is 0.811. The highest BCUT2D eigenvalue weighted by molar-refractivity contribution is 9.10. The highest BCUT2D eigenvalue weighted by atomic mass is 79.9. The van der Waals surface area contributed by atoms with Gasteiger partial charge in [0.15, 0.2) is 0 Å². The molecule has 2 heterocycles. The van der Waals surface area contributed by atoms with Crippen molar-refractivity contribution in [2.45, 2.75) is 45.7 Å². The fourth-order valence-corrected chi connectivity index (χ4v) is 3.21. The molecule has 114 valence electrons. The van der Waals surface area contributed by atoms with Gasteiger partial charge in [-0.05, 0) is 48.3 Å². The number of alkyl halides is 1. The largest absolute Gasteiger partial charge is 0.485 e. The van der Waals surface area contributed by atoms with E-state index in [1.165, 1.54) is 0 Å². The summed E-state index contributed by atoms with van der Waals surface area (Å²) in [6.07, 6.45) is 0.902. The number of rotatable bonds is 6. The van der Waals surface area contributed by atoms with Crippen LogP contribution < -0.4 is 4.74 Å². The first-order valence-electron chi connectivity index (χ1n) is 7.00. The van der Waals surface area contributed by atoms with Crippen LogP contribution in [0, 0.1) is 6.92 Å². The van der Waals surface area contributed by atoms with E-state index in [0.29, 0.717) is 11.9 Å². The van der Waals surface area contributed by atoms with Crippen LogP contribution >= 0.6 is 31.9 Å². The van der Waals surface area contributed by atoms with Crippen molar-refractivity contribution in [3.8, 4) is 5.75 Å². The molecule has 6 heteroatoms. The summed E-state index contributed by atoms with van der Waals surface area (Å²) in [6.45, 7) is 7.47. The molecule has 2 aromatic rings. The molecule has 0 aliphatic heterocycles. The first-order chi connectivity index (χ1) is 10.1. The highest BCUT2D eigenvalue weighted by Crippen LogP contribution is 2.25. The number of pyridine rings is 1. The molecule has 0 aromatic carbocycles. The van der Waals surface area contributed by atoms with Crippen molar-refractivity contribution in [2.75, 3.05) is 0 Å². The van der Waals surface area contributed by atoms with Gasteiger partial charge in [0.2, 0.25) is 0 Å². The molecule has 21 heavy (non-hydrogen) atoms. The second-order valence-corrected chi connectivity index (χ2v) is 6.05. The van der Waals surface area contributed by atoms with Gasteiger partial charge in [-0.1, -0.05) is 22.9 Å². The van der Waals surface area contributed by atoms with E-state index in [2.05, 4.69) is 55.8 Å². The molecule has 0 aliphatic rings. The second-order valence-electron chi connectivity index (χ2n) is 4.70. The topological polar surface area (TPSA) is 39.9 Å². The van der Waals surface area contributed by atoms with Crippen molar-refractivity contribution in [2.24, 2.45) is 0 Å². The first kappa shape index (κ1) is 16.5. The molecule has 2 aromatic heterocycles. The monoisotopic (exact) mass is 415 g/mol. The average Bonchev–Trinajstić information content (AvgIpc) is 2.81. The molecule has 0 saturated carbocycles. The van der Waals surface area contributed by atoms with Gasteiger partial charge in [0, 0.05) is 17.6 Å². The lowest BCUT2D eigenvalue weighted by Crippen LogP contribution is -2.08. The Bertz CT molecular complexity index is 626. The molecule has 0 spiro atoms. The fourth-order valence-electron chi connectivity index (χ4n) is 2.13. The molecule has 2 rings (SSSR count). The Morgan fingerprint density at radius 1 is 1.24 bits per heavy atom. The van der Waals surface area contributed by atoms with E-state index in [-0.39, 0.29) is 0 Å². The predicted octanol–water partition coefficient (Wildman–Crippen LogP) is 4.41. The first-order valence-corrected chi connectivity index (χ1v) is 8.91. The molecule has 0 N–H and O–H groups in total. The van der Waals surface area contributed by atoms with Crippen molar-refractivity contribution in [3.05, 3.63) is 39.4 Å². The Labute approximate surface area is 142 Å². The van der Waals surface area contributed by atoms with E-state index < -0.39 is 0 Å². The van der Waals surface area contributed by atoms with Crippen LogP contribution in [-0.4, -0.2) is 14.8 Å². The van der Waals surface area contributed by atoms with Crippen molar-refractivity contribution in [3.63, 3.8) is 0 Å². The number of hydrogen-bond acceptors (Lipinski definition) is 3. The van der Waals surface area contributed by atoms with Crippen LogP contribution in [0.15, 0.2) is 16.6 Å². The number of ether oxygens (including phenoxy) is 1. The molecule has 4 nitrogen and oxygen atoms in total. The Morgan fingerprint density at radius 3 is 2.62 bits per heavy atom. The molecule has 0 amide bonds. The van der Waals surface area contributed by atoms with Gasteiger partial charge < -0.3 is 4.74 Å².